The van der Waals surface area contributed by atoms with Gasteiger partial charge in [-0.3, -0.25) is 9.69 Å². The summed E-state index contributed by atoms with van der Waals surface area (Å²) >= 11 is 0. The highest BCUT2D eigenvalue weighted by Crippen LogP contribution is 2.40. The van der Waals surface area contributed by atoms with E-state index in [2.05, 4.69) is 10.1 Å². The van der Waals surface area contributed by atoms with E-state index in [0.29, 0.717) is 24.1 Å². The van der Waals surface area contributed by atoms with Crippen LogP contribution in [0.4, 0.5) is 4.79 Å². The number of benzene rings is 2. The average Bonchev–Trinajstić information content (AvgIpc) is 3.62. The van der Waals surface area contributed by atoms with Crippen molar-refractivity contribution >= 4 is 11.9 Å². The number of hydrogen-bond donors (Lipinski definition) is 0. The Kier molecular flexibility index (Phi) is 5.72. The molecule has 2 saturated carbocycles. The molecule has 8 heteroatoms. The molecule has 1 saturated heterocycles. The van der Waals surface area contributed by atoms with Crippen molar-refractivity contribution in [1.29, 1.82) is 0 Å². The van der Waals surface area contributed by atoms with Crippen molar-refractivity contribution in [3.63, 3.8) is 0 Å². The minimum atomic E-state index is -0.216. The number of amides is 3. The van der Waals surface area contributed by atoms with Gasteiger partial charge in [0.25, 0.3) is 0 Å². The molecule has 0 N–H and O–H groups in total. The van der Waals surface area contributed by atoms with Crippen LogP contribution in [-0.4, -0.2) is 44.0 Å². The number of carbonyl (C=O) groups excluding carboxylic acids is 2. The molecule has 3 fully saturated rings. The summed E-state index contributed by atoms with van der Waals surface area (Å²) in [6, 6.07) is 17.3. The van der Waals surface area contributed by atoms with Gasteiger partial charge in [0.05, 0.1) is 11.5 Å². The Labute approximate surface area is 203 Å². The number of rotatable bonds is 7. The highest BCUT2D eigenvalue weighted by atomic mass is 16.5. The third-order valence-corrected chi connectivity index (χ3v) is 7.19. The Hall–Kier alpha value is -3.68. The molecule has 1 aromatic heterocycles. The van der Waals surface area contributed by atoms with Gasteiger partial charge >= 0.3 is 6.03 Å². The molecule has 2 aromatic carbocycles. The van der Waals surface area contributed by atoms with E-state index < -0.39 is 0 Å². The summed E-state index contributed by atoms with van der Waals surface area (Å²) in [5, 5.41) is 4.19. The predicted molar refractivity (Wildman–Crippen MR) is 127 cm³/mol. The van der Waals surface area contributed by atoms with Crippen molar-refractivity contribution in [2.75, 3.05) is 0 Å². The summed E-state index contributed by atoms with van der Waals surface area (Å²) in [6.45, 7) is 0.634. The van der Waals surface area contributed by atoms with Crippen LogP contribution in [0.5, 0.6) is 5.75 Å². The Morgan fingerprint density at radius 2 is 1.71 bits per heavy atom. The molecule has 3 aliphatic rings. The molecule has 0 radical (unpaired) electrons. The molecule has 0 bridgehead atoms. The fourth-order valence-electron chi connectivity index (χ4n) is 5.27. The summed E-state index contributed by atoms with van der Waals surface area (Å²) in [5.41, 5.74) is 1.80. The van der Waals surface area contributed by atoms with E-state index in [-0.39, 0.29) is 36.5 Å². The molecule has 3 aromatic rings. The second-order valence-corrected chi connectivity index (χ2v) is 9.59. The fraction of sp³-hybridized carbons (Fsp3) is 0.407. The molecule has 1 aliphatic heterocycles. The number of fused-ring (bicyclic) bond motifs is 1. The van der Waals surface area contributed by atoms with E-state index in [4.69, 9.17) is 9.26 Å². The molecule has 3 amide bonds. The first-order valence-corrected chi connectivity index (χ1v) is 12.4. The van der Waals surface area contributed by atoms with Gasteiger partial charge in [-0.2, -0.15) is 4.98 Å². The lowest BCUT2D eigenvalue weighted by molar-refractivity contribution is -0.141. The number of imide groups is 1. The Morgan fingerprint density at radius 1 is 0.943 bits per heavy atom. The zero-order valence-electron chi connectivity index (χ0n) is 19.5. The van der Waals surface area contributed by atoms with E-state index in [1.165, 1.54) is 4.90 Å². The minimum absolute atomic E-state index is 0.00848. The maximum atomic E-state index is 13.3. The van der Waals surface area contributed by atoms with Gasteiger partial charge in [0.1, 0.15) is 18.9 Å². The number of ether oxygens (including phenoxy) is 1. The van der Waals surface area contributed by atoms with E-state index in [0.717, 1.165) is 49.7 Å². The van der Waals surface area contributed by atoms with Crippen LogP contribution in [0.2, 0.25) is 0 Å². The van der Waals surface area contributed by atoms with Gasteiger partial charge in [0, 0.05) is 12.1 Å². The Morgan fingerprint density at radius 3 is 2.54 bits per heavy atom. The van der Waals surface area contributed by atoms with Crippen LogP contribution in [0, 0.1) is 5.92 Å². The highest BCUT2D eigenvalue weighted by Gasteiger charge is 2.51. The Bertz CT molecular complexity index is 1220. The van der Waals surface area contributed by atoms with Crippen molar-refractivity contribution in [1.82, 2.24) is 19.9 Å². The third kappa shape index (κ3) is 4.29. The zero-order chi connectivity index (χ0) is 23.8. The number of aromatic nitrogens is 2. The SMILES string of the molecule is O=C1C2CCCCC2N(Cc2nc(-c3ccccc3OCc3ccccc3)no2)C(=O)N1C1CC1. The van der Waals surface area contributed by atoms with Gasteiger partial charge in [-0.1, -0.05) is 60.5 Å². The van der Waals surface area contributed by atoms with E-state index in [1.54, 1.807) is 4.90 Å². The van der Waals surface area contributed by atoms with Crippen molar-refractivity contribution in [2.45, 2.75) is 63.8 Å². The summed E-state index contributed by atoms with van der Waals surface area (Å²) in [5.74, 6) is 1.32. The standard InChI is InChI=1S/C27H28N4O4/c32-26-20-10-4-6-12-22(20)30(27(33)31(26)19-14-15-19)16-24-28-25(29-35-24)21-11-5-7-13-23(21)34-17-18-8-2-1-3-9-18/h1-3,5,7-9,11,13,19-20,22H,4,6,10,12,14-17H2. The van der Waals surface area contributed by atoms with Crippen LogP contribution < -0.4 is 4.74 Å². The van der Waals surface area contributed by atoms with Crippen LogP contribution >= 0.6 is 0 Å². The van der Waals surface area contributed by atoms with Crippen molar-refractivity contribution in [3.8, 4) is 17.1 Å². The van der Waals surface area contributed by atoms with Crippen LogP contribution in [0.15, 0.2) is 59.1 Å². The van der Waals surface area contributed by atoms with E-state index in [1.807, 2.05) is 54.6 Å². The van der Waals surface area contributed by atoms with Gasteiger partial charge in [-0.15, -0.1) is 0 Å². The molecule has 6 rings (SSSR count). The summed E-state index contributed by atoms with van der Waals surface area (Å²) in [6.07, 6.45) is 5.50. The smallest absolute Gasteiger partial charge is 0.327 e. The molecule has 2 heterocycles. The normalized spacial score (nSPS) is 22.3. The minimum Gasteiger partial charge on any atom is -0.488 e. The third-order valence-electron chi connectivity index (χ3n) is 7.19. The van der Waals surface area contributed by atoms with Crippen LogP contribution in [0.3, 0.4) is 0 Å². The molecular formula is C27H28N4O4. The molecular weight excluding hydrogens is 444 g/mol. The van der Waals surface area contributed by atoms with Gasteiger partial charge in [0.2, 0.25) is 17.6 Å². The predicted octanol–water partition coefficient (Wildman–Crippen LogP) is 4.80. The van der Waals surface area contributed by atoms with Crippen molar-refractivity contribution < 1.29 is 18.8 Å². The lowest BCUT2D eigenvalue weighted by Gasteiger charge is -2.46. The second kappa shape index (κ2) is 9.17. The maximum Gasteiger partial charge on any atom is 0.327 e. The largest absolute Gasteiger partial charge is 0.488 e. The Balaban J connectivity index is 1.22. The average molecular weight is 473 g/mol. The summed E-state index contributed by atoms with van der Waals surface area (Å²) in [7, 11) is 0. The first kappa shape index (κ1) is 21.8. The summed E-state index contributed by atoms with van der Waals surface area (Å²) < 4.78 is 11.6. The topological polar surface area (TPSA) is 88.8 Å². The number of urea groups is 1. The first-order chi connectivity index (χ1) is 17.2. The second-order valence-electron chi connectivity index (χ2n) is 9.59. The van der Waals surface area contributed by atoms with Crippen LogP contribution in [0.1, 0.15) is 50.0 Å². The maximum absolute atomic E-state index is 13.3. The lowest BCUT2D eigenvalue weighted by Crippen LogP contribution is -2.62. The fourth-order valence-corrected chi connectivity index (χ4v) is 5.27. The van der Waals surface area contributed by atoms with Crippen molar-refractivity contribution in [2.24, 2.45) is 5.92 Å². The first-order valence-electron chi connectivity index (χ1n) is 12.4. The van der Waals surface area contributed by atoms with Gasteiger partial charge in [-0.25, -0.2) is 4.79 Å². The van der Waals surface area contributed by atoms with Gasteiger partial charge < -0.3 is 14.2 Å². The number of hydrogen-bond acceptors (Lipinski definition) is 6. The molecule has 0 spiro atoms. The number of nitrogens with zero attached hydrogens (tertiary/aromatic N) is 4. The molecule has 8 nitrogen and oxygen atoms in total. The van der Waals surface area contributed by atoms with Crippen LogP contribution in [-0.2, 0) is 17.9 Å². The molecule has 2 unspecified atom stereocenters. The molecule has 2 atom stereocenters. The monoisotopic (exact) mass is 472 g/mol. The van der Waals surface area contributed by atoms with Crippen molar-refractivity contribution in [3.05, 3.63) is 66.1 Å². The van der Waals surface area contributed by atoms with Gasteiger partial charge in [0.15, 0.2) is 0 Å². The lowest BCUT2D eigenvalue weighted by atomic mass is 9.81. The van der Waals surface area contributed by atoms with E-state index in [9.17, 15) is 9.59 Å². The molecule has 180 valence electrons. The number of para-hydroxylation sites is 1. The van der Waals surface area contributed by atoms with E-state index >= 15 is 0 Å². The number of carbonyl (C=O) groups is 2. The molecule has 2 aliphatic carbocycles. The van der Waals surface area contributed by atoms with Crippen LogP contribution in [0.25, 0.3) is 11.4 Å². The molecule has 35 heavy (non-hydrogen) atoms. The quantitative estimate of drug-likeness (QED) is 0.491. The van der Waals surface area contributed by atoms with Gasteiger partial charge in [-0.05, 0) is 43.4 Å². The zero-order valence-corrected chi connectivity index (χ0v) is 19.5. The summed E-state index contributed by atoms with van der Waals surface area (Å²) in [4.78, 5) is 34.3. The highest BCUT2D eigenvalue weighted by molar-refractivity contribution is 5.99.